The SMILES string of the molecule is CC(C)(Cc1cccc(C=O)c1)N=[N+]=[N-]. The molecule has 0 saturated carbocycles. The Morgan fingerprint density at radius 3 is 2.87 bits per heavy atom. The van der Waals surface area contributed by atoms with Crippen molar-refractivity contribution in [2.75, 3.05) is 0 Å². The minimum absolute atomic E-state index is 0.462. The third kappa shape index (κ3) is 3.44. The van der Waals surface area contributed by atoms with Gasteiger partial charge in [0.2, 0.25) is 0 Å². The third-order valence-electron chi connectivity index (χ3n) is 2.04. The number of aldehydes is 1. The van der Waals surface area contributed by atoms with Crippen LogP contribution in [0.4, 0.5) is 0 Å². The lowest BCUT2D eigenvalue weighted by Crippen LogP contribution is -2.19. The molecule has 0 amide bonds. The number of azide groups is 1. The first-order valence-corrected chi connectivity index (χ1v) is 4.68. The van der Waals surface area contributed by atoms with Crippen molar-refractivity contribution in [3.8, 4) is 0 Å². The second-order valence-corrected chi connectivity index (χ2v) is 4.04. The highest BCUT2D eigenvalue weighted by Gasteiger charge is 2.16. The summed E-state index contributed by atoms with van der Waals surface area (Å²) < 4.78 is 0. The van der Waals surface area contributed by atoms with Crippen LogP contribution in [0.2, 0.25) is 0 Å². The largest absolute Gasteiger partial charge is 0.298 e. The molecule has 1 aromatic carbocycles. The van der Waals surface area contributed by atoms with Gasteiger partial charge in [-0.15, -0.1) is 0 Å². The van der Waals surface area contributed by atoms with Crippen molar-refractivity contribution in [3.05, 3.63) is 45.8 Å². The molecule has 1 rings (SSSR count). The standard InChI is InChI=1S/C11H13N3O/c1-11(2,13-14-12)7-9-4-3-5-10(6-9)8-15/h3-6,8H,7H2,1-2H3. The molecule has 0 saturated heterocycles. The highest BCUT2D eigenvalue weighted by atomic mass is 16.1. The van der Waals surface area contributed by atoms with E-state index >= 15 is 0 Å². The first-order valence-electron chi connectivity index (χ1n) is 4.68. The number of rotatable bonds is 4. The summed E-state index contributed by atoms with van der Waals surface area (Å²) in [5, 5.41) is 3.70. The second kappa shape index (κ2) is 4.62. The highest BCUT2D eigenvalue weighted by Crippen LogP contribution is 2.17. The Hall–Kier alpha value is -1.80. The van der Waals surface area contributed by atoms with Crippen molar-refractivity contribution in [3.63, 3.8) is 0 Å². The Balaban J connectivity index is 2.89. The molecule has 0 radical (unpaired) electrons. The molecule has 78 valence electrons. The van der Waals surface area contributed by atoms with Gasteiger partial charge in [0.05, 0.1) is 0 Å². The molecule has 0 aliphatic heterocycles. The predicted octanol–water partition coefficient (Wildman–Crippen LogP) is 3.13. The highest BCUT2D eigenvalue weighted by molar-refractivity contribution is 5.74. The number of hydrogen-bond acceptors (Lipinski definition) is 2. The first-order chi connectivity index (χ1) is 7.07. The average molecular weight is 203 g/mol. The summed E-state index contributed by atoms with van der Waals surface area (Å²) in [5.74, 6) is 0. The van der Waals surface area contributed by atoms with Crippen LogP contribution in [0, 0.1) is 0 Å². The fourth-order valence-electron chi connectivity index (χ4n) is 1.43. The summed E-state index contributed by atoms with van der Waals surface area (Å²) in [6.45, 7) is 3.72. The molecule has 0 aromatic heterocycles. The Kier molecular flexibility index (Phi) is 3.47. The van der Waals surface area contributed by atoms with E-state index in [2.05, 4.69) is 10.0 Å². The minimum atomic E-state index is -0.462. The van der Waals surface area contributed by atoms with Gasteiger partial charge in [0.25, 0.3) is 0 Å². The van der Waals surface area contributed by atoms with Gasteiger partial charge in [-0.05, 0) is 23.6 Å². The maximum atomic E-state index is 10.6. The molecule has 15 heavy (non-hydrogen) atoms. The Bertz CT molecular complexity index is 406. The van der Waals surface area contributed by atoms with E-state index in [-0.39, 0.29) is 0 Å². The smallest absolute Gasteiger partial charge is 0.150 e. The number of nitrogens with zero attached hydrogens (tertiary/aromatic N) is 3. The van der Waals surface area contributed by atoms with Crippen molar-refractivity contribution >= 4 is 6.29 Å². The Labute approximate surface area is 88.6 Å². The van der Waals surface area contributed by atoms with Gasteiger partial charge in [0, 0.05) is 16.0 Å². The van der Waals surface area contributed by atoms with E-state index in [9.17, 15) is 4.79 Å². The van der Waals surface area contributed by atoms with E-state index in [4.69, 9.17) is 5.53 Å². The molecule has 4 heteroatoms. The minimum Gasteiger partial charge on any atom is -0.298 e. The van der Waals surface area contributed by atoms with Gasteiger partial charge in [-0.3, -0.25) is 4.79 Å². The van der Waals surface area contributed by atoms with E-state index in [0.29, 0.717) is 12.0 Å². The van der Waals surface area contributed by atoms with Crippen molar-refractivity contribution in [1.82, 2.24) is 0 Å². The molecule has 1 aromatic rings. The zero-order chi connectivity index (χ0) is 11.3. The van der Waals surface area contributed by atoms with E-state index in [1.165, 1.54) is 0 Å². The molecule has 0 fully saturated rings. The Morgan fingerprint density at radius 2 is 2.27 bits per heavy atom. The number of hydrogen-bond donors (Lipinski definition) is 0. The normalized spacial score (nSPS) is 10.5. The molecule has 4 nitrogen and oxygen atoms in total. The van der Waals surface area contributed by atoms with Crippen LogP contribution in [0.15, 0.2) is 29.4 Å². The number of carbonyl (C=O) groups is 1. The summed E-state index contributed by atoms with van der Waals surface area (Å²) in [6, 6.07) is 7.30. The Morgan fingerprint density at radius 1 is 1.53 bits per heavy atom. The summed E-state index contributed by atoms with van der Waals surface area (Å²) in [5.41, 5.74) is 9.56. The van der Waals surface area contributed by atoms with Crippen molar-refractivity contribution < 1.29 is 4.79 Å². The van der Waals surface area contributed by atoms with Crippen LogP contribution >= 0.6 is 0 Å². The fourth-order valence-corrected chi connectivity index (χ4v) is 1.43. The van der Waals surface area contributed by atoms with Crippen LogP contribution in [0.5, 0.6) is 0 Å². The fraction of sp³-hybridized carbons (Fsp3) is 0.364. The maximum absolute atomic E-state index is 10.6. The molecular weight excluding hydrogens is 190 g/mol. The van der Waals surface area contributed by atoms with E-state index in [1.807, 2.05) is 32.0 Å². The van der Waals surface area contributed by atoms with E-state index in [0.717, 1.165) is 11.8 Å². The molecule has 0 heterocycles. The molecule has 0 spiro atoms. The van der Waals surface area contributed by atoms with Gasteiger partial charge in [0.15, 0.2) is 0 Å². The molecule has 0 atom stereocenters. The maximum Gasteiger partial charge on any atom is 0.150 e. The third-order valence-corrected chi connectivity index (χ3v) is 2.04. The zero-order valence-corrected chi connectivity index (χ0v) is 8.84. The lowest BCUT2D eigenvalue weighted by molar-refractivity contribution is 0.112. The van der Waals surface area contributed by atoms with Crippen LogP contribution in [0.25, 0.3) is 10.4 Å². The van der Waals surface area contributed by atoms with Crippen molar-refractivity contribution in [1.29, 1.82) is 0 Å². The second-order valence-electron chi connectivity index (χ2n) is 4.04. The van der Waals surface area contributed by atoms with Gasteiger partial charge >= 0.3 is 0 Å². The van der Waals surface area contributed by atoms with Crippen LogP contribution in [0.3, 0.4) is 0 Å². The predicted molar refractivity (Wildman–Crippen MR) is 58.8 cm³/mol. The first kappa shape index (κ1) is 11.3. The van der Waals surface area contributed by atoms with Crippen molar-refractivity contribution in [2.45, 2.75) is 25.8 Å². The zero-order valence-electron chi connectivity index (χ0n) is 8.84. The summed E-state index contributed by atoms with van der Waals surface area (Å²) in [7, 11) is 0. The summed E-state index contributed by atoms with van der Waals surface area (Å²) in [6.07, 6.45) is 1.43. The lowest BCUT2D eigenvalue weighted by atomic mass is 9.95. The molecule has 0 N–H and O–H groups in total. The van der Waals surface area contributed by atoms with E-state index < -0.39 is 5.54 Å². The van der Waals surface area contributed by atoms with Crippen molar-refractivity contribution in [2.24, 2.45) is 5.11 Å². The van der Waals surface area contributed by atoms with Crippen LogP contribution in [-0.4, -0.2) is 11.8 Å². The number of benzene rings is 1. The van der Waals surface area contributed by atoms with Gasteiger partial charge < -0.3 is 0 Å². The molecule has 0 bridgehead atoms. The lowest BCUT2D eigenvalue weighted by Gasteiger charge is -2.17. The van der Waals surface area contributed by atoms with Crippen LogP contribution in [0.1, 0.15) is 29.8 Å². The summed E-state index contributed by atoms with van der Waals surface area (Å²) >= 11 is 0. The van der Waals surface area contributed by atoms with Gasteiger partial charge in [-0.2, -0.15) is 0 Å². The molecule has 0 unspecified atom stereocenters. The molecule has 0 aliphatic carbocycles. The molecule has 0 aliphatic rings. The van der Waals surface area contributed by atoms with E-state index in [1.54, 1.807) is 6.07 Å². The average Bonchev–Trinajstić information content (AvgIpc) is 2.17. The quantitative estimate of drug-likeness (QED) is 0.321. The topological polar surface area (TPSA) is 65.8 Å². The summed E-state index contributed by atoms with van der Waals surface area (Å²) in [4.78, 5) is 13.4. The van der Waals surface area contributed by atoms with Gasteiger partial charge in [-0.25, -0.2) is 0 Å². The monoisotopic (exact) mass is 203 g/mol. The number of carbonyl (C=O) groups excluding carboxylic acids is 1. The molecular formula is C11H13N3O. The van der Waals surface area contributed by atoms with Crippen LogP contribution in [-0.2, 0) is 6.42 Å². The van der Waals surface area contributed by atoms with Gasteiger partial charge in [0.1, 0.15) is 6.29 Å². The van der Waals surface area contributed by atoms with Crippen LogP contribution < -0.4 is 0 Å². The van der Waals surface area contributed by atoms with Gasteiger partial charge in [-0.1, -0.05) is 37.2 Å².